The van der Waals surface area contributed by atoms with E-state index in [-0.39, 0.29) is 18.2 Å². The maximum Gasteiger partial charge on any atom is 0.416 e. The lowest BCUT2D eigenvalue weighted by molar-refractivity contribution is -0.137. The fourth-order valence-corrected chi connectivity index (χ4v) is 2.67. The Morgan fingerprint density at radius 2 is 1.96 bits per heavy atom. The van der Waals surface area contributed by atoms with E-state index in [1.807, 2.05) is 0 Å². The molecule has 1 aromatic carbocycles. The number of nitrogens with one attached hydrogen (secondary N) is 2. The number of amides is 2. The number of carbonyl (C=O) groups excluding carboxylic acids is 2. The third-order valence-corrected chi connectivity index (χ3v) is 4.16. The molecule has 132 valence electrons. The van der Waals surface area contributed by atoms with Gasteiger partial charge in [-0.3, -0.25) is 9.59 Å². The maximum absolute atomic E-state index is 12.7. The number of rotatable bonds is 3. The van der Waals surface area contributed by atoms with Gasteiger partial charge >= 0.3 is 18.0 Å². The van der Waals surface area contributed by atoms with Crippen LogP contribution in [0.25, 0.3) is 0 Å². The molecule has 24 heavy (non-hydrogen) atoms. The fraction of sp³-hybridized carbons (Fsp3) is 0.500. The molecule has 2 unspecified atom stereocenters. The summed E-state index contributed by atoms with van der Waals surface area (Å²) in [7, 11) is 0. The quantitative estimate of drug-likeness (QED) is 0.736. The number of hydrogen-bond acceptors (Lipinski definition) is 3. The average Bonchev–Trinajstić information content (AvgIpc) is 2.91. The smallest absolute Gasteiger partial charge is 0.393 e. The monoisotopic (exact) mass is 344 g/mol. The lowest BCUT2D eigenvalue weighted by Crippen LogP contribution is -2.39. The second-order valence-corrected chi connectivity index (χ2v) is 5.95. The van der Waals surface area contributed by atoms with Crippen LogP contribution in [0.4, 0.5) is 18.9 Å². The third-order valence-electron chi connectivity index (χ3n) is 4.16. The minimum atomic E-state index is -4.53. The molecule has 2 atom stereocenters. The summed E-state index contributed by atoms with van der Waals surface area (Å²) in [5, 5.41) is 14.3. The van der Waals surface area contributed by atoms with E-state index >= 15 is 0 Å². The standard InChI is InChI=1S/C16H19F3N2O3/c1-9-5-6-11(16(17,18)19)7-12(9)21-15(24)14(23)20-8-10-3-2-4-13(10)22/h5-7,10,13,22H,2-4,8H2,1H3,(H,20,23)(H,21,24). The van der Waals surface area contributed by atoms with Gasteiger partial charge in [0.1, 0.15) is 0 Å². The van der Waals surface area contributed by atoms with Crippen LogP contribution >= 0.6 is 0 Å². The van der Waals surface area contributed by atoms with Gasteiger partial charge in [0.2, 0.25) is 0 Å². The molecule has 0 spiro atoms. The third kappa shape index (κ3) is 4.47. The largest absolute Gasteiger partial charge is 0.416 e. The zero-order valence-corrected chi connectivity index (χ0v) is 13.1. The van der Waals surface area contributed by atoms with E-state index in [4.69, 9.17) is 0 Å². The molecular weight excluding hydrogens is 325 g/mol. The van der Waals surface area contributed by atoms with Crippen LogP contribution in [0.3, 0.4) is 0 Å². The molecule has 1 fully saturated rings. The molecule has 1 aliphatic rings. The highest BCUT2D eigenvalue weighted by molar-refractivity contribution is 6.39. The van der Waals surface area contributed by atoms with E-state index < -0.39 is 29.7 Å². The fourth-order valence-electron chi connectivity index (χ4n) is 2.67. The number of aliphatic hydroxyl groups excluding tert-OH is 1. The summed E-state index contributed by atoms with van der Waals surface area (Å²) >= 11 is 0. The van der Waals surface area contributed by atoms with Gasteiger partial charge in [0.25, 0.3) is 0 Å². The van der Waals surface area contributed by atoms with Crippen LogP contribution in [0.2, 0.25) is 0 Å². The molecule has 0 bridgehead atoms. The molecule has 3 N–H and O–H groups in total. The predicted octanol–water partition coefficient (Wildman–Crippen LogP) is 2.23. The molecule has 2 rings (SSSR count). The van der Waals surface area contributed by atoms with E-state index in [9.17, 15) is 27.9 Å². The first kappa shape index (κ1) is 18.3. The van der Waals surface area contributed by atoms with Crippen molar-refractivity contribution in [3.63, 3.8) is 0 Å². The Bertz CT molecular complexity index is 631. The van der Waals surface area contributed by atoms with Gasteiger partial charge in [0.05, 0.1) is 11.7 Å². The first-order valence-corrected chi connectivity index (χ1v) is 7.63. The van der Waals surface area contributed by atoms with Gasteiger partial charge in [-0.15, -0.1) is 0 Å². The molecule has 5 nitrogen and oxygen atoms in total. The minimum absolute atomic E-state index is 0.0640. The van der Waals surface area contributed by atoms with Crippen LogP contribution in [0.1, 0.15) is 30.4 Å². The maximum atomic E-state index is 12.7. The highest BCUT2D eigenvalue weighted by atomic mass is 19.4. The molecule has 1 aromatic rings. The second kappa shape index (κ2) is 7.21. The van der Waals surface area contributed by atoms with Gasteiger partial charge in [0, 0.05) is 18.2 Å². The number of aliphatic hydroxyl groups is 1. The summed E-state index contributed by atoms with van der Waals surface area (Å²) < 4.78 is 38.1. The Hall–Kier alpha value is -2.09. The van der Waals surface area contributed by atoms with Gasteiger partial charge in [-0.2, -0.15) is 13.2 Å². The summed E-state index contributed by atoms with van der Waals surface area (Å²) in [6, 6.07) is 2.93. The molecule has 0 radical (unpaired) electrons. The van der Waals surface area contributed by atoms with Gasteiger partial charge in [-0.1, -0.05) is 12.5 Å². The zero-order valence-electron chi connectivity index (χ0n) is 13.1. The number of alkyl halides is 3. The Balaban J connectivity index is 1.97. The van der Waals surface area contributed by atoms with Crippen molar-refractivity contribution in [3.05, 3.63) is 29.3 Å². The predicted molar refractivity (Wildman–Crippen MR) is 81.2 cm³/mol. The summed E-state index contributed by atoms with van der Waals surface area (Å²) in [6.07, 6.45) is -2.75. The summed E-state index contributed by atoms with van der Waals surface area (Å²) in [5.74, 6) is -2.08. The van der Waals surface area contributed by atoms with Crippen LogP contribution in [0.15, 0.2) is 18.2 Å². The van der Waals surface area contributed by atoms with E-state index in [0.29, 0.717) is 12.0 Å². The topological polar surface area (TPSA) is 78.4 Å². The van der Waals surface area contributed by atoms with Crippen molar-refractivity contribution in [2.24, 2.45) is 5.92 Å². The van der Waals surface area contributed by atoms with Crippen LogP contribution in [-0.2, 0) is 15.8 Å². The number of anilines is 1. The average molecular weight is 344 g/mol. The van der Waals surface area contributed by atoms with Gasteiger partial charge in [-0.25, -0.2) is 0 Å². The van der Waals surface area contributed by atoms with Crippen molar-refractivity contribution in [2.45, 2.75) is 38.5 Å². The van der Waals surface area contributed by atoms with Crippen molar-refractivity contribution >= 4 is 17.5 Å². The van der Waals surface area contributed by atoms with Crippen molar-refractivity contribution in [2.75, 3.05) is 11.9 Å². The first-order chi connectivity index (χ1) is 11.2. The Kier molecular flexibility index (Phi) is 5.48. The van der Waals surface area contributed by atoms with E-state index in [0.717, 1.165) is 25.0 Å². The first-order valence-electron chi connectivity index (χ1n) is 7.63. The molecule has 8 heteroatoms. The van der Waals surface area contributed by atoms with Gasteiger partial charge in [-0.05, 0) is 37.5 Å². The summed E-state index contributed by atoms with van der Waals surface area (Å²) in [6.45, 7) is 1.69. The SMILES string of the molecule is Cc1ccc(C(F)(F)F)cc1NC(=O)C(=O)NCC1CCCC1O. The highest BCUT2D eigenvalue weighted by Crippen LogP contribution is 2.32. The van der Waals surface area contributed by atoms with Crippen molar-refractivity contribution in [3.8, 4) is 0 Å². The van der Waals surface area contributed by atoms with Crippen LogP contribution in [0, 0.1) is 12.8 Å². The highest BCUT2D eigenvalue weighted by Gasteiger charge is 2.31. The van der Waals surface area contributed by atoms with E-state index in [1.165, 1.54) is 13.0 Å². The van der Waals surface area contributed by atoms with Gasteiger partial charge in [0.15, 0.2) is 0 Å². The number of hydrogen-bond donors (Lipinski definition) is 3. The van der Waals surface area contributed by atoms with Gasteiger partial charge < -0.3 is 15.7 Å². The Morgan fingerprint density at radius 3 is 2.54 bits per heavy atom. The number of halogens is 3. The molecule has 0 heterocycles. The number of carbonyl (C=O) groups is 2. The number of benzene rings is 1. The Labute approximate surface area is 137 Å². The Morgan fingerprint density at radius 1 is 1.25 bits per heavy atom. The van der Waals surface area contributed by atoms with Crippen molar-refractivity contribution in [1.29, 1.82) is 0 Å². The molecule has 1 saturated carbocycles. The minimum Gasteiger partial charge on any atom is -0.393 e. The second-order valence-electron chi connectivity index (χ2n) is 5.95. The lowest BCUT2D eigenvalue weighted by atomic mass is 10.1. The zero-order chi connectivity index (χ0) is 17.9. The van der Waals surface area contributed by atoms with Crippen LogP contribution in [0.5, 0.6) is 0 Å². The van der Waals surface area contributed by atoms with E-state index in [1.54, 1.807) is 0 Å². The molecule has 0 aliphatic heterocycles. The van der Waals surface area contributed by atoms with Crippen molar-refractivity contribution in [1.82, 2.24) is 5.32 Å². The lowest BCUT2D eigenvalue weighted by Gasteiger charge is -2.15. The summed E-state index contributed by atoms with van der Waals surface area (Å²) in [4.78, 5) is 23.6. The molecular formula is C16H19F3N2O3. The summed E-state index contributed by atoms with van der Waals surface area (Å²) in [5.41, 5.74) is -0.556. The normalized spacial score (nSPS) is 20.7. The van der Waals surface area contributed by atoms with Crippen LogP contribution in [-0.4, -0.2) is 29.6 Å². The molecule has 1 aliphatic carbocycles. The molecule has 0 aromatic heterocycles. The molecule has 2 amide bonds. The number of aryl methyl sites for hydroxylation is 1. The van der Waals surface area contributed by atoms with Crippen molar-refractivity contribution < 1.29 is 27.9 Å². The van der Waals surface area contributed by atoms with Crippen LogP contribution < -0.4 is 10.6 Å². The molecule has 0 saturated heterocycles. The van der Waals surface area contributed by atoms with E-state index in [2.05, 4.69) is 10.6 Å².